The molecule has 1 aromatic heterocycles. The van der Waals surface area contributed by atoms with E-state index in [1.54, 1.807) is 11.3 Å². The van der Waals surface area contributed by atoms with E-state index in [9.17, 15) is 4.79 Å². The van der Waals surface area contributed by atoms with Crippen LogP contribution >= 0.6 is 23.6 Å². The molecule has 138 valence electrons. The first-order chi connectivity index (χ1) is 12.5. The van der Waals surface area contributed by atoms with Crippen LogP contribution < -0.4 is 10.6 Å². The van der Waals surface area contributed by atoms with Crippen molar-refractivity contribution in [1.29, 1.82) is 0 Å². The number of anilines is 2. The lowest BCUT2D eigenvalue weighted by molar-refractivity contribution is 0.0526. The smallest absolute Gasteiger partial charge is 0.341 e. The summed E-state index contributed by atoms with van der Waals surface area (Å²) in [5.41, 5.74) is 5.18. The highest BCUT2D eigenvalue weighted by Gasteiger charge is 2.26. The summed E-state index contributed by atoms with van der Waals surface area (Å²) in [6.07, 6.45) is 4.23. The van der Waals surface area contributed by atoms with Crippen LogP contribution in [0.15, 0.2) is 18.2 Å². The fraction of sp³-hybridized carbons (Fsp3) is 0.400. The normalized spacial score (nSPS) is 13.0. The number of carbonyl (C=O) groups is 1. The van der Waals surface area contributed by atoms with E-state index in [1.165, 1.54) is 22.4 Å². The summed E-state index contributed by atoms with van der Waals surface area (Å²) >= 11 is 7.10. The number of thiocarbonyl (C=S) groups is 1. The monoisotopic (exact) mass is 388 g/mol. The van der Waals surface area contributed by atoms with Gasteiger partial charge in [0.1, 0.15) is 5.00 Å². The molecular weight excluding hydrogens is 364 g/mol. The number of aryl methyl sites for hydroxylation is 3. The number of fused-ring (bicyclic) bond motifs is 1. The molecule has 1 aromatic carbocycles. The molecule has 1 aliphatic rings. The van der Waals surface area contributed by atoms with Gasteiger partial charge in [0.25, 0.3) is 0 Å². The minimum absolute atomic E-state index is 0.261. The molecular formula is C20H24N2O2S2. The van der Waals surface area contributed by atoms with Gasteiger partial charge in [-0.1, -0.05) is 6.07 Å². The zero-order valence-electron chi connectivity index (χ0n) is 15.4. The van der Waals surface area contributed by atoms with Gasteiger partial charge < -0.3 is 15.4 Å². The van der Waals surface area contributed by atoms with Gasteiger partial charge in [0.15, 0.2) is 5.11 Å². The number of ether oxygens (including phenoxy) is 1. The highest BCUT2D eigenvalue weighted by atomic mass is 32.1. The van der Waals surface area contributed by atoms with E-state index < -0.39 is 0 Å². The van der Waals surface area contributed by atoms with E-state index in [0.717, 1.165) is 35.5 Å². The number of thiophene rings is 1. The van der Waals surface area contributed by atoms with Crippen LogP contribution in [0.3, 0.4) is 0 Å². The van der Waals surface area contributed by atoms with Crippen molar-refractivity contribution >= 4 is 45.3 Å². The molecule has 0 unspecified atom stereocenters. The first-order valence-electron chi connectivity index (χ1n) is 8.96. The van der Waals surface area contributed by atoms with Crippen LogP contribution in [-0.4, -0.2) is 17.7 Å². The lowest BCUT2D eigenvalue weighted by Crippen LogP contribution is -2.20. The third-order valence-corrected chi connectivity index (χ3v) is 6.05. The second kappa shape index (κ2) is 8.18. The summed E-state index contributed by atoms with van der Waals surface area (Å²) in [6.45, 7) is 6.35. The lowest BCUT2D eigenvalue weighted by atomic mass is 9.95. The molecule has 0 amide bonds. The van der Waals surface area contributed by atoms with Gasteiger partial charge in [-0.3, -0.25) is 0 Å². The maximum Gasteiger partial charge on any atom is 0.341 e. The third-order valence-electron chi connectivity index (χ3n) is 4.64. The molecule has 0 saturated heterocycles. The molecule has 0 spiro atoms. The van der Waals surface area contributed by atoms with Crippen molar-refractivity contribution in [2.24, 2.45) is 0 Å². The molecule has 0 atom stereocenters. The van der Waals surface area contributed by atoms with E-state index >= 15 is 0 Å². The van der Waals surface area contributed by atoms with Gasteiger partial charge in [0.2, 0.25) is 0 Å². The third kappa shape index (κ3) is 4.07. The van der Waals surface area contributed by atoms with Gasteiger partial charge in [-0.2, -0.15) is 0 Å². The summed E-state index contributed by atoms with van der Waals surface area (Å²) in [4.78, 5) is 13.8. The number of carbonyl (C=O) groups excluding carboxylic acids is 1. The Morgan fingerprint density at radius 3 is 2.69 bits per heavy atom. The van der Waals surface area contributed by atoms with E-state index in [-0.39, 0.29) is 5.97 Å². The van der Waals surface area contributed by atoms with Crippen LogP contribution in [0, 0.1) is 13.8 Å². The van der Waals surface area contributed by atoms with Gasteiger partial charge in [-0.05, 0) is 87.5 Å². The fourth-order valence-electron chi connectivity index (χ4n) is 3.16. The zero-order chi connectivity index (χ0) is 18.7. The van der Waals surface area contributed by atoms with Gasteiger partial charge >= 0.3 is 5.97 Å². The fourth-order valence-corrected chi connectivity index (χ4v) is 4.72. The van der Waals surface area contributed by atoms with Gasteiger partial charge in [-0.15, -0.1) is 11.3 Å². The van der Waals surface area contributed by atoms with Crippen molar-refractivity contribution in [2.75, 3.05) is 17.2 Å². The molecule has 0 bridgehead atoms. The summed E-state index contributed by atoms with van der Waals surface area (Å²) in [5, 5.41) is 7.71. The maximum atomic E-state index is 12.5. The van der Waals surface area contributed by atoms with Crippen LogP contribution in [-0.2, 0) is 17.6 Å². The van der Waals surface area contributed by atoms with Gasteiger partial charge in [0, 0.05) is 10.6 Å². The van der Waals surface area contributed by atoms with Crippen molar-refractivity contribution in [3.63, 3.8) is 0 Å². The Morgan fingerprint density at radius 2 is 1.96 bits per heavy atom. The Morgan fingerprint density at radius 1 is 1.19 bits per heavy atom. The van der Waals surface area contributed by atoms with Crippen LogP contribution in [0.4, 0.5) is 10.7 Å². The van der Waals surface area contributed by atoms with E-state index in [2.05, 4.69) is 36.6 Å². The number of esters is 1. The molecule has 0 saturated carbocycles. The Kier molecular flexibility index (Phi) is 5.94. The second-order valence-electron chi connectivity index (χ2n) is 6.51. The van der Waals surface area contributed by atoms with Crippen molar-refractivity contribution in [1.82, 2.24) is 0 Å². The first kappa shape index (κ1) is 18.9. The predicted molar refractivity (Wildman–Crippen MR) is 113 cm³/mol. The molecule has 0 fully saturated rings. The highest BCUT2D eigenvalue weighted by molar-refractivity contribution is 7.80. The quantitative estimate of drug-likeness (QED) is 0.555. The average molecular weight is 389 g/mol. The number of hydrogen-bond donors (Lipinski definition) is 2. The van der Waals surface area contributed by atoms with Crippen LogP contribution in [0.1, 0.15) is 51.7 Å². The second-order valence-corrected chi connectivity index (χ2v) is 8.03. The van der Waals surface area contributed by atoms with Gasteiger partial charge in [-0.25, -0.2) is 4.79 Å². The molecule has 2 N–H and O–H groups in total. The SMILES string of the molecule is CCOC(=O)c1c(NC(=S)Nc2ccc(C)c(C)c2)sc2c1CCCC2. The zero-order valence-corrected chi connectivity index (χ0v) is 17.0. The van der Waals surface area contributed by atoms with Crippen LogP contribution in [0.2, 0.25) is 0 Å². The number of hydrogen-bond acceptors (Lipinski definition) is 4. The summed E-state index contributed by atoms with van der Waals surface area (Å²) in [5.74, 6) is -0.261. The molecule has 1 heterocycles. The topological polar surface area (TPSA) is 50.4 Å². The summed E-state index contributed by atoms with van der Waals surface area (Å²) < 4.78 is 5.29. The Hall–Kier alpha value is -1.92. The molecule has 2 aromatic rings. The van der Waals surface area contributed by atoms with E-state index in [0.29, 0.717) is 17.3 Å². The molecule has 0 radical (unpaired) electrons. The molecule has 1 aliphatic carbocycles. The van der Waals surface area contributed by atoms with Crippen molar-refractivity contribution in [2.45, 2.75) is 46.5 Å². The molecule has 0 aliphatic heterocycles. The maximum absolute atomic E-state index is 12.5. The Bertz CT molecular complexity index is 843. The summed E-state index contributed by atoms with van der Waals surface area (Å²) in [6, 6.07) is 6.13. The Balaban J connectivity index is 1.81. The largest absolute Gasteiger partial charge is 0.462 e. The van der Waals surface area contributed by atoms with Crippen molar-refractivity contribution < 1.29 is 9.53 Å². The minimum Gasteiger partial charge on any atom is -0.462 e. The molecule has 3 rings (SSSR count). The van der Waals surface area contributed by atoms with E-state index in [4.69, 9.17) is 17.0 Å². The first-order valence-corrected chi connectivity index (χ1v) is 10.2. The minimum atomic E-state index is -0.261. The highest BCUT2D eigenvalue weighted by Crippen LogP contribution is 2.38. The summed E-state index contributed by atoms with van der Waals surface area (Å²) in [7, 11) is 0. The average Bonchev–Trinajstić information content (AvgIpc) is 2.96. The van der Waals surface area contributed by atoms with Crippen LogP contribution in [0.5, 0.6) is 0 Å². The number of rotatable bonds is 4. The number of nitrogens with one attached hydrogen (secondary N) is 2. The van der Waals surface area contributed by atoms with Crippen molar-refractivity contribution in [3.05, 3.63) is 45.3 Å². The van der Waals surface area contributed by atoms with Crippen molar-refractivity contribution in [3.8, 4) is 0 Å². The van der Waals surface area contributed by atoms with E-state index in [1.807, 2.05) is 13.0 Å². The predicted octanol–water partition coefficient (Wildman–Crippen LogP) is 5.23. The molecule has 26 heavy (non-hydrogen) atoms. The molecule has 4 nitrogen and oxygen atoms in total. The van der Waals surface area contributed by atoms with Crippen LogP contribution in [0.25, 0.3) is 0 Å². The Labute approximate surface area is 164 Å². The lowest BCUT2D eigenvalue weighted by Gasteiger charge is -2.13. The standard InChI is InChI=1S/C20H24N2O2S2/c1-4-24-19(23)17-15-7-5-6-8-16(15)26-18(17)22-20(25)21-14-10-9-12(2)13(3)11-14/h9-11H,4-8H2,1-3H3,(H2,21,22,25). The number of benzene rings is 1. The molecule has 6 heteroatoms. The van der Waals surface area contributed by atoms with Gasteiger partial charge in [0.05, 0.1) is 12.2 Å².